The van der Waals surface area contributed by atoms with Crippen LogP contribution in [0, 0.1) is 11.3 Å². The van der Waals surface area contributed by atoms with Crippen molar-refractivity contribution >= 4 is 21.2 Å². The summed E-state index contributed by atoms with van der Waals surface area (Å²) in [7, 11) is -3.26. The van der Waals surface area contributed by atoms with Crippen LogP contribution >= 0.6 is 0 Å². The molecule has 0 N–H and O–H groups in total. The summed E-state index contributed by atoms with van der Waals surface area (Å²) in [5, 5.41) is 17.8. The summed E-state index contributed by atoms with van der Waals surface area (Å²) in [6, 6.07) is 15.8. The standard InChI is InChI=1S/C30H26F2N8O2S/c1-43(41,42)26-4-2-3-19(7-26)14-38-24-9-25(38)18-37(17-24)28-6-5-20(11-34-28)27-8-21(23-13-36-40(16-23)30(31)32)15-39-29(27)22(10-33)12-35-39/h2-8,11-13,15-16,24-25,30H,9,14,17-18H2,1H3. The molecule has 1 aromatic carbocycles. The third-order valence-corrected chi connectivity index (χ3v) is 9.40. The maximum Gasteiger partial charge on any atom is 0.333 e. The van der Waals surface area contributed by atoms with Gasteiger partial charge in [0.05, 0.1) is 28.4 Å². The number of sulfone groups is 1. The molecule has 2 unspecified atom stereocenters. The first-order valence-corrected chi connectivity index (χ1v) is 15.6. The lowest BCUT2D eigenvalue weighted by Crippen LogP contribution is -2.68. The smallest absolute Gasteiger partial charge is 0.333 e. The molecule has 2 atom stereocenters. The van der Waals surface area contributed by atoms with Crippen LogP contribution in [0.2, 0.25) is 0 Å². The molecule has 3 aliphatic heterocycles. The zero-order valence-electron chi connectivity index (χ0n) is 23.0. The third kappa shape index (κ3) is 4.92. The number of piperazine rings is 1. The minimum Gasteiger partial charge on any atom is -0.353 e. The van der Waals surface area contributed by atoms with E-state index in [1.165, 1.54) is 24.8 Å². The Balaban J connectivity index is 1.12. The van der Waals surface area contributed by atoms with Crippen molar-refractivity contribution in [2.45, 2.75) is 36.5 Å². The van der Waals surface area contributed by atoms with Crippen LogP contribution in [-0.2, 0) is 16.4 Å². The van der Waals surface area contributed by atoms with Crippen molar-refractivity contribution < 1.29 is 17.2 Å². The maximum absolute atomic E-state index is 13.1. The first-order chi connectivity index (χ1) is 20.7. The summed E-state index contributed by atoms with van der Waals surface area (Å²) in [5.74, 6) is 0.844. The highest BCUT2D eigenvalue weighted by atomic mass is 32.2. The number of benzene rings is 1. The van der Waals surface area contributed by atoms with Crippen LogP contribution in [0.1, 0.15) is 24.1 Å². The van der Waals surface area contributed by atoms with Crippen LogP contribution in [-0.4, -0.2) is 69.1 Å². The van der Waals surface area contributed by atoms with E-state index in [-0.39, 0.29) is 0 Å². The van der Waals surface area contributed by atoms with E-state index in [4.69, 9.17) is 4.98 Å². The fraction of sp³-hybridized carbons (Fsp3) is 0.267. The fourth-order valence-corrected chi connectivity index (χ4v) is 6.82. The molecule has 0 spiro atoms. The second-order valence-electron chi connectivity index (χ2n) is 11.0. The van der Waals surface area contributed by atoms with Crippen molar-refractivity contribution in [1.29, 1.82) is 5.26 Å². The molecule has 5 aromatic rings. The van der Waals surface area contributed by atoms with Gasteiger partial charge in [0.15, 0.2) is 9.84 Å². The summed E-state index contributed by atoms with van der Waals surface area (Å²) >= 11 is 0. The van der Waals surface area contributed by atoms with Crippen LogP contribution in [0.3, 0.4) is 0 Å². The predicted molar refractivity (Wildman–Crippen MR) is 155 cm³/mol. The fourth-order valence-electron chi connectivity index (χ4n) is 6.13. The van der Waals surface area contributed by atoms with Gasteiger partial charge in [-0.05, 0) is 42.3 Å². The Morgan fingerprint density at radius 1 is 1.00 bits per heavy atom. The van der Waals surface area contributed by atoms with Gasteiger partial charge in [0.25, 0.3) is 0 Å². The van der Waals surface area contributed by atoms with Gasteiger partial charge in [-0.3, -0.25) is 4.90 Å². The van der Waals surface area contributed by atoms with E-state index >= 15 is 0 Å². The van der Waals surface area contributed by atoms with E-state index in [0.717, 1.165) is 36.5 Å². The van der Waals surface area contributed by atoms with Crippen LogP contribution in [0.5, 0.6) is 0 Å². The molecule has 3 aliphatic rings. The lowest BCUT2D eigenvalue weighted by atomic mass is 9.86. The molecule has 4 aromatic heterocycles. The Kier molecular flexibility index (Phi) is 6.48. The van der Waals surface area contributed by atoms with Gasteiger partial charge in [0, 0.05) is 78.8 Å². The van der Waals surface area contributed by atoms with Crippen molar-refractivity contribution in [3.05, 3.63) is 84.6 Å². The Morgan fingerprint density at radius 2 is 1.81 bits per heavy atom. The highest BCUT2D eigenvalue weighted by Crippen LogP contribution is 2.37. The van der Waals surface area contributed by atoms with Crippen LogP contribution in [0.15, 0.2) is 78.3 Å². The highest BCUT2D eigenvalue weighted by Gasteiger charge is 2.44. The lowest BCUT2D eigenvalue weighted by molar-refractivity contribution is -0.00872. The number of halogens is 2. The zero-order chi connectivity index (χ0) is 29.9. The predicted octanol–water partition coefficient (Wildman–Crippen LogP) is 4.39. The summed E-state index contributed by atoms with van der Waals surface area (Å²) in [5.41, 5.74) is 4.60. The molecule has 3 fully saturated rings. The average Bonchev–Trinajstić information content (AvgIpc) is 3.67. The molecule has 7 heterocycles. The van der Waals surface area contributed by atoms with E-state index in [2.05, 4.69) is 26.1 Å². The molecule has 13 heteroatoms. The second-order valence-corrected chi connectivity index (χ2v) is 13.1. The molecule has 10 nitrogen and oxygen atoms in total. The van der Waals surface area contributed by atoms with E-state index in [1.54, 1.807) is 35.1 Å². The van der Waals surface area contributed by atoms with E-state index in [9.17, 15) is 22.5 Å². The summed E-state index contributed by atoms with van der Waals surface area (Å²) in [6.45, 7) is -0.427. The largest absolute Gasteiger partial charge is 0.353 e. The Bertz CT molecular complexity index is 1990. The molecule has 2 bridgehead atoms. The Labute approximate surface area is 246 Å². The quantitative estimate of drug-likeness (QED) is 0.270. The van der Waals surface area contributed by atoms with Crippen molar-refractivity contribution in [3.63, 3.8) is 0 Å². The molecule has 43 heavy (non-hydrogen) atoms. The summed E-state index contributed by atoms with van der Waals surface area (Å²) in [4.78, 5) is 9.79. The number of fused-ring (bicyclic) bond motifs is 3. The molecule has 0 saturated carbocycles. The van der Waals surface area contributed by atoms with Crippen LogP contribution in [0.4, 0.5) is 14.6 Å². The van der Waals surface area contributed by atoms with Crippen molar-refractivity contribution in [2.75, 3.05) is 24.2 Å². The molecule has 3 saturated heterocycles. The second kappa shape index (κ2) is 10.3. The normalized spacial score (nSPS) is 18.6. The maximum atomic E-state index is 13.1. The van der Waals surface area contributed by atoms with Gasteiger partial charge in [0.1, 0.15) is 11.9 Å². The number of nitriles is 1. The molecule has 218 valence electrons. The van der Waals surface area contributed by atoms with E-state index in [1.807, 2.05) is 24.3 Å². The van der Waals surface area contributed by atoms with Crippen molar-refractivity contribution in [1.82, 2.24) is 29.3 Å². The lowest BCUT2D eigenvalue weighted by Gasteiger charge is -2.56. The summed E-state index contributed by atoms with van der Waals surface area (Å²) in [6.07, 6.45) is 9.90. The van der Waals surface area contributed by atoms with Crippen molar-refractivity contribution in [3.8, 4) is 28.3 Å². The van der Waals surface area contributed by atoms with Gasteiger partial charge in [-0.2, -0.15) is 24.2 Å². The van der Waals surface area contributed by atoms with E-state index < -0.39 is 16.4 Å². The minimum atomic E-state index is -3.26. The molecular formula is C30H26F2N8O2S. The Hall–Kier alpha value is -4.67. The third-order valence-electron chi connectivity index (χ3n) is 8.29. The number of nitrogens with zero attached hydrogens (tertiary/aromatic N) is 8. The number of anilines is 1. The molecule has 0 amide bonds. The average molecular weight is 601 g/mol. The number of aromatic nitrogens is 5. The van der Waals surface area contributed by atoms with E-state index in [0.29, 0.717) is 56.0 Å². The number of alkyl halides is 2. The van der Waals surface area contributed by atoms with Crippen LogP contribution < -0.4 is 4.90 Å². The number of hydrogen-bond donors (Lipinski definition) is 0. The topological polar surface area (TPSA) is 112 Å². The van der Waals surface area contributed by atoms with Gasteiger partial charge >= 0.3 is 6.55 Å². The van der Waals surface area contributed by atoms with Gasteiger partial charge in [-0.15, -0.1) is 0 Å². The van der Waals surface area contributed by atoms with Gasteiger partial charge in [-0.1, -0.05) is 12.1 Å². The monoisotopic (exact) mass is 600 g/mol. The number of rotatable bonds is 7. The number of hydrogen-bond acceptors (Lipinski definition) is 8. The molecule has 0 radical (unpaired) electrons. The molecule has 8 rings (SSSR count). The van der Waals surface area contributed by atoms with Gasteiger partial charge in [-0.25, -0.2) is 22.6 Å². The first kappa shape index (κ1) is 27.2. The zero-order valence-corrected chi connectivity index (χ0v) is 23.9. The SMILES string of the molecule is CS(=O)(=O)c1cccc(CN2C3CC2CN(c2ccc(-c4cc(-c5cnn(C(F)F)c5)cn5ncc(C#N)c45)cn2)C3)c1. The van der Waals surface area contributed by atoms with Crippen LogP contribution in [0.25, 0.3) is 27.8 Å². The van der Waals surface area contributed by atoms with Gasteiger partial charge in [0.2, 0.25) is 0 Å². The highest BCUT2D eigenvalue weighted by molar-refractivity contribution is 7.90. The molecule has 0 aliphatic carbocycles. The first-order valence-electron chi connectivity index (χ1n) is 13.7. The van der Waals surface area contributed by atoms with Gasteiger partial charge < -0.3 is 4.90 Å². The Morgan fingerprint density at radius 3 is 2.49 bits per heavy atom. The number of pyridine rings is 2. The number of piperidine rings is 1. The summed E-state index contributed by atoms with van der Waals surface area (Å²) < 4.78 is 52.4. The molecular weight excluding hydrogens is 574 g/mol. The minimum absolute atomic E-state index is 0.338. The van der Waals surface area contributed by atoms with Crippen molar-refractivity contribution in [2.24, 2.45) is 0 Å².